The first-order valence-electron chi connectivity index (χ1n) is 8.66. The molecule has 1 atom stereocenters. The third-order valence-electron chi connectivity index (χ3n) is 5.05. The average molecular weight is 375 g/mol. The highest BCUT2D eigenvalue weighted by molar-refractivity contribution is 7.89. The van der Waals surface area contributed by atoms with Gasteiger partial charge in [0.25, 0.3) is 0 Å². The van der Waals surface area contributed by atoms with E-state index in [2.05, 4.69) is 0 Å². The average Bonchev–Trinajstić information content (AvgIpc) is 3.14. The van der Waals surface area contributed by atoms with Crippen LogP contribution in [0.15, 0.2) is 41.3 Å². The summed E-state index contributed by atoms with van der Waals surface area (Å²) < 4.78 is 38.4. The Hall–Kier alpha value is -2.05. The third-order valence-corrected chi connectivity index (χ3v) is 7.06. The Kier molecular flexibility index (Phi) is 5.25. The van der Waals surface area contributed by atoms with E-state index in [1.54, 1.807) is 30.7 Å². The fraction of sp³-hybridized carbons (Fsp3) is 0.400. The lowest BCUT2D eigenvalue weighted by Gasteiger charge is -2.19. The van der Waals surface area contributed by atoms with E-state index in [0.29, 0.717) is 29.3 Å². The van der Waals surface area contributed by atoms with Crippen LogP contribution in [0.4, 0.5) is 0 Å². The number of aryl methyl sites for hydroxylation is 2. The summed E-state index contributed by atoms with van der Waals surface area (Å²) in [6, 6.07) is 11.4. The lowest BCUT2D eigenvalue weighted by Crippen LogP contribution is -2.29. The minimum atomic E-state index is -3.52. The molecule has 1 fully saturated rings. The summed E-state index contributed by atoms with van der Waals surface area (Å²) in [7, 11) is -0.287. The first kappa shape index (κ1) is 18.7. The molecule has 3 rings (SSSR count). The zero-order valence-corrected chi connectivity index (χ0v) is 16.5. The molecule has 5 nitrogen and oxygen atoms in total. The van der Waals surface area contributed by atoms with E-state index in [0.717, 1.165) is 23.3 Å². The van der Waals surface area contributed by atoms with Crippen molar-refractivity contribution in [3.05, 3.63) is 53.1 Å². The van der Waals surface area contributed by atoms with Crippen molar-refractivity contribution in [1.29, 1.82) is 0 Å². The molecule has 0 aliphatic carbocycles. The summed E-state index contributed by atoms with van der Waals surface area (Å²) in [4.78, 5) is 0.367. The van der Waals surface area contributed by atoms with Gasteiger partial charge in [0.15, 0.2) is 0 Å². The first-order valence-corrected chi connectivity index (χ1v) is 10.1. The number of benzene rings is 2. The second kappa shape index (κ2) is 7.29. The zero-order chi connectivity index (χ0) is 18.9. The van der Waals surface area contributed by atoms with Crippen molar-refractivity contribution in [3.8, 4) is 11.5 Å². The molecule has 1 heterocycles. The van der Waals surface area contributed by atoms with Crippen LogP contribution in [-0.4, -0.2) is 40.0 Å². The second-order valence-corrected chi connectivity index (χ2v) is 8.62. The quantitative estimate of drug-likeness (QED) is 0.803. The van der Waals surface area contributed by atoms with Crippen molar-refractivity contribution in [3.63, 3.8) is 0 Å². The molecule has 1 aliphatic heterocycles. The normalized spacial score (nSPS) is 18.1. The van der Waals surface area contributed by atoms with E-state index < -0.39 is 10.0 Å². The van der Waals surface area contributed by atoms with Gasteiger partial charge in [-0.25, -0.2) is 8.42 Å². The number of hydrogen-bond donors (Lipinski definition) is 0. The van der Waals surface area contributed by atoms with Crippen LogP contribution in [0.5, 0.6) is 11.5 Å². The van der Waals surface area contributed by atoms with Gasteiger partial charge in [-0.05, 0) is 67.1 Å². The van der Waals surface area contributed by atoms with Crippen molar-refractivity contribution in [1.82, 2.24) is 4.31 Å². The first-order chi connectivity index (χ1) is 12.4. The van der Waals surface area contributed by atoms with Gasteiger partial charge in [-0.1, -0.05) is 12.1 Å². The second-order valence-electron chi connectivity index (χ2n) is 6.71. The number of ether oxygens (including phenoxy) is 2. The van der Waals surface area contributed by atoms with Gasteiger partial charge in [-0.3, -0.25) is 0 Å². The lowest BCUT2D eigenvalue weighted by atomic mass is 9.99. The summed E-state index contributed by atoms with van der Waals surface area (Å²) in [6.45, 7) is 4.70. The standard InChI is InChI=1S/C20H25NO4S/c1-14-12-20(15(2)11-19(14)25-4)26(22,23)21-10-9-17(13-21)16-5-7-18(24-3)8-6-16/h5-8,11-12,17H,9-10,13H2,1-4H3. The van der Waals surface area contributed by atoms with Gasteiger partial charge >= 0.3 is 0 Å². The summed E-state index contributed by atoms with van der Waals surface area (Å²) in [5.74, 6) is 1.72. The largest absolute Gasteiger partial charge is 0.497 e. The Morgan fingerprint density at radius 2 is 1.69 bits per heavy atom. The van der Waals surface area contributed by atoms with Crippen molar-refractivity contribution < 1.29 is 17.9 Å². The molecule has 0 radical (unpaired) electrons. The van der Waals surface area contributed by atoms with E-state index in [1.165, 1.54) is 0 Å². The molecule has 1 aliphatic rings. The summed E-state index contributed by atoms with van der Waals surface area (Å²) >= 11 is 0. The van der Waals surface area contributed by atoms with Crippen LogP contribution in [0, 0.1) is 13.8 Å². The van der Waals surface area contributed by atoms with E-state index >= 15 is 0 Å². The predicted molar refractivity (Wildman–Crippen MR) is 102 cm³/mol. The van der Waals surface area contributed by atoms with Crippen LogP contribution in [-0.2, 0) is 10.0 Å². The fourth-order valence-corrected chi connectivity index (χ4v) is 5.29. The molecule has 26 heavy (non-hydrogen) atoms. The highest BCUT2D eigenvalue weighted by Gasteiger charge is 2.34. The molecule has 0 saturated carbocycles. The molecule has 0 aromatic heterocycles. The van der Waals surface area contributed by atoms with Crippen molar-refractivity contribution in [2.45, 2.75) is 31.1 Å². The van der Waals surface area contributed by atoms with Crippen molar-refractivity contribution in [2.75, 3.05) is 27.3 Å². The molecule has 6 heteroatoms. The molecule has 1 unspecified atom stereocenters. The van der Waals surface area contributed by atoms with Gasteiger partial charge in [-0.15, -0.1) is 0 Å². The maximum Gasteiger partial charge on any atom is 0.243 e. The van der Waals surface area contributed by atoms with Gasteiger partial charge in [0.1, 0.15) is 11.5 Å². The fourth-order valence-electron chi connectivity index (χ4n) is 3.49. The lowest BCUT2D eigenvalue weighted by molar-refractivity contribution is 0.410. The molecule has 140 valence electrons. The zero-order valence-electron chi connectivity index (χ0n) is 15.7. The Labute approximate surface area is 155 Å². The molecular weight excluding hydrogens is 350 g/mol. The smallest absolute Gasteiger partial charge is 0.243 e. The molecular formula is C20H25NO4S. The van der Waals surface area contributed by atoms with Gasteiger partial charge in [0.2, 0.25) is 10.0 Å². The molecule has 0 N–H and O–H groups in total. The Morgan fingerprint density at radius 1 is 1.00 bits per heavy atom. The van der Waals surface area contributed by atoms with E-state index in [4.69, 9.17) is 9.47 Å². The number of methoxy groups -OCH3 is 2. The monoisotopic (exact) mass is 375 g/mol. The Morgan fingerprint density at radius 3 is 2.31 bits per heavy atom. The SMILES string of the molecule is COc1ccc(C2CCN(S(=O)(=O)c3cc(C)c(OC)cc3C)C2)cc1. The summed E-state index contributed by atoms with van der Waals surface area (Å²) in [6.07, 6.45) is 0.819. The van der Waals surface area contributed by atoms with Gasteiger partial charge < -0.3 is 9.47 Å². The third kappa shape index (κ3) is 3.44. The topological polar surface area (TPSA) is 55.8 Å². The van der Waals surface area contributed by atoms with Crippen LogP contribution < -0.4 is 9.47 Å². The Balaban J connectivity index is 1.84. The molecule has 0 amide bonds. The summed E-state index contributed by atoms with van der Waals surface area (Å²) in [5.41, 5.74) is 2.68. The van der Waals surface area contributed by atoms with Gasteiger partial charge in [0.05, 0.1) is 19.1 Å². The Bertz CT molecular complexity index is 891. The maximum absolute atomic E-state index is 13.1. The minimum absolute atomic E-state index is 0.204. The number of sulfonamides is 1. The highest BCUT2D eigenvalue weighted by atomic mass is 32.2. The number of rotatable bonds is 5. The van der Waals surface area contributed by atoms with Crippen LogP contribution in [0.25, 0.3) is 0 Å². The van der Waals surface area contributed by atoms with E-state index in [1.807, 2.05) is 38.1 Å². The van der Waals surface area contributed by atoms with Gasteiger partial charge in [0, 0.05) is 13.1 Å². The maximum atomic E-state index is 13.1. The molecule has 2 aromatic carbocycles. The van der Waals surface area contributed by atoms with E-state index in [9.17, 15) is 8.42 Å². The van der Waals surface area contributed by atoms with Crippen LogP contribution in [0.2, 0.25) is 0 Å². The van der Waals surface area contributed by atoms with E-state index in [-0.39, 0.29) is 5.92 Å². The van der Waals surface area contributed by atoms with Crippen LogP contribution in [0.3, 0.4) is 0 Å². The molecule has 0 bridgehead atoms. The van der Waals surface area contributed by atoms with Gasteiger partial charge in [-0.2, -0.15) is 4.31 Å². The highest BCUT2D eigenvalue weighted by Crippen LogP contribution is 2.34. The molecule has 1 saturated heterocycles. The summed E-state index contributed by atoms with van der Waals surface area (Å²) in [5, 5.41) is 0. The number of hydrogen-bond acceptors (Lipinski definition) is 4. The minimum Gasteiger partial charge on any atom is -0.497 e. The predicted octanol–water partition coefficient (Wildman–Crippen LogP) is 3.50. The van der Waals surface area contributed by atoms with Crippen molar-refractivity contribution >= 4 is 10.0 Å². The molecule has 0 spiro atoms. The number of nitrogens with zero attached hydrogens (tertiary/aromatic N) is 1. The van der Waals surface area contributed by atoms with Crippen LogP contribution >= 0.6 is 0 Å². The van der Waals surface area contributed by atoms with Crippen LogP contribution in [0.1, 0.15) is 29.0 Å². The van der Waals surface area contributed by atoms with Crippen molar-refractivity contribution in [2.24, 2.45) is 0 Å². The molecule has 2 aromatic rings.